The molecule has 6 nitrogen and oxygen atoms in total. The number of carbonyl (C=O) groups excluding carboxylic acids is 2. The molecule has 1 aromatic carbocycles. The van der Waals surface area contributed by atoms with Crippen molar-refractivity contribution in [3.8, 4) is 0 Å². The van der Waals surface area contributed by atoms with Crippen molar-refractivity contribution in [1.82, 2.24) is 10.3 Å². The van der Waals surface area contributed by atoms with Gasteiger partial charge in [-0.1, -0.05) is 19.1 Å². The van der Waals surface area contributed by atoms with Gasteiger partial charge in [0, 0.05) is 23.0 Å². The molecule has 0 radical (unpaired) electrons. The number of esters is 1. The summed E-state index contributed by atoms with van der Waals surface area (Å²) in [6.07, 6.45) is 0.789. The number of fused-ring (bicyclic) bond motifs is 1. The van der Waals surface area contributed by atoms with Crippen LogP contribution in [0.1, 0.15) is 30.8 Å². The third kappa shape index (κ3) is 3.72. The van der Waals surface area contributed by atoms with Crippen LogP contribution in [0.4, 0.5) is 0 Å². The third-order valence-corrected chi connectivity index (χ3v) is 3.31. The van der Waals surface area contributed by atoms with E-state index >= 15 is 0 Å². The third-order valence-electron chi connectivity index (χ3n) is 3.31. The van der Waals surface area contributed by atoms with Gasteiger partial charge in [0.15, 0.2) is 12.0 Å². The van der Waals surface area contributed by atoms with E-state index in [0.29, 0.717) is 10.9 Å². The summed E-state index contributed by atoms with van der Waals surface area (Å²) in [6.45, 7) is 3.43. The molecular weight excluding hydrogens is 284 g/mol. The number of benzene rings is 1. The van der Waals surface area contributed by atoms with Crippen LogP contribution in [0.2, 0.25) is 0 Å². The molecule has 2 N–H and O–H groups in total. The van der Waals surface area contributed by atoms with Gasteiger partial charge in [-0.15, -0.1) is 0 Å². The molecule has 0 aliphatic heterocycles. The predicted octanol–water partition coefficient (Wildman–Crippen LogP) is 1.60. The molecule has 0 fully saturated rings. The second-order valence-corrected chi connectivity index (χ2v) is 5.05. The maximum Gasteiger partial charge on any atom is 0.355 e. The van der Waals surface area contributed by atoms with Gasteiger partial charge in [0.25, 0.3) is 5.91 Å². The van der Waals surface area contributed by atoms with Crippen molar-refractivity contribution in [2.45, 2.75) is 26.3 Å². The SMILES string of the molecule is CC[C@@H](C)NC(=O)COC(=O)c1cc(=O)c2ccccc2[nH]1. The smallest absolute Gasteiger partial charge is 0.355 e. The Kier molecular flexibility index (Phi) is 4.93. The lowest BCUT2D eigenvalue weighted by Gasteiger charge is -2.11. The number of para-hydroxylation sites is 1. The molecule has 1 heterocycles. The molecule has 0 aliphatic rings. The first-order valence-corrected chi connectivity index (χ1v) is 7.09. The zero-order valence-corrected chi connectivity index (χ0v) is 12.5. The first kappa shape index (κ1) is 15.8. The van der Waals surface area contributed by atoms with Gasteiger partial charge in [0.2, 0.25) is 0 Å². The van der Waals surface area contributed by atoms with Gasteiger partial charge in [-0.2, -0.15) is 0 Å². The van der Waals surface area contributed by atoms with E-state index in [1.165, 1.54) is 6.07 Å². The number of H-pyrrole nitrogens is 1. The van der Waals surface area contributed by atoms with Gasteiger partial charge < -0.3 is 15.0 Å². The van der Waals surface area contributed by atoms with Gasteiger partial charge >= 0.3 is 5.97 Å². The lowest BCUT2D eigenvalue weighted by molar-refractivity contribution is -0.124. The summed E-state index contributed by atoms with van der Waals surface area (Å²) in [5.41, 5.74) is 0.302. The molecule has 0 aliphatic carbocycles. The monoisotopic (exact) mass is 302 g/mol. The molecule has 1 amide bonds. The fraction of sp³-hybridized carbons (Fsp3) is 0.312. The summed E-state index contributed by atoms with van der Waals surface area (Å²) in [6, 6.07) is 8.07. The summed E-state index contributed by atoms with van der Waals surface area (Å²) >= 11 is 0. The van der Waals surface area contributed by atoms with Gasteiger partial charge in [-0.3, -0.25) is 9.59 Å². The van der Waals surface area contributed by atoms with Crippen LogP contribution in [0.15, 0.2) is 35.1 Å². The number of hydrogen-bond donors (Lipinski definition) is 2. The number of amides is 1. The maximum atomic E-state index is 11.9. The molecule has 0 bridgehead atoms. The van der Waals surface area contributed by atoms with Crippen molar-refractivity contribution in [3.63, 3.8) is 0 Å². The van der Waals surface area contributed by atoms with Gasteiger partial charge in [0.1, 0.15) is 5.69 Å². The molecule has 0 saturated carbocycles. The second kappa shape index (κ2) is 6.89. The molecule has 1 aromatic heterocycles. The van der Waals surface area contributed by atoms with E-state index < -0.39 is 5.97 Å². The average molecular weight is 302 g/mol. The highest BCUT2D eigenvalue weighted by Crippen LogP contribution is 2.08. The Morgan fingerprint density at radius 2 is 2.05 bits per heavy atom. The van der Waals surface area contributed by atoms with E-state index in [-0.39, 0.29) is 29.7 Å². The number of pyridine rings is 1. The standard InChI is InChI=1S/C16H18N2O4/c1-3-10(2)17-15(20)9-22-16(21)13-8-14(19)11-6-4-5-7-12(11)18-13/h4-8,10H,3,9H2,1-2H3,(H,17,20)(H,18,19)/t10-/m1/s1. The van der Waals surface area contributed by atoms with Crippen LogP contribution >= 0.6 is 0 Å². The Hall–Kier alpha value is -2.63. The number of rotatable bonds is 5. The molecule has 0 saturated heterocycles. The van der Waals surface area contributed by atoms with E-state index in [0.717, 1.165) is 6.42 Å². The van der Waals surface area contributed by atoms with Crippen LogP contribution in [0.3, 0.4) is 0 Å². The quantitative estimate of drug-likeness (QED) is 0.821. The minimum absolute atomic E-state index is 0.0201. The van der Waals surface area contributed by atoms with Crippen LogP contribution < -0.4 is 10.7 Å². The second-order valence-electron chi connectivity index (χ2n) is 5.05. The highest BCUT2D eigenvalue weighted by molar-refractivity contribution is 5.92. The predicted molar refractivity (Wildman–Crippen MR) is 82.7 cm³/mol. The maximum absolute atomic E-state index is 11.9. The largest absolute Gasteiger partial charge is 0.451 e. The molecule has 116 valence electrons. The van der Waals surface area contributed by atoms with Crippen molar-refractivity contribution >= 4 is 22.8 Å². The number of aromatic nitrogens is 1. The van der Waals surface area contributed by atoms with E-state index in [9.17, 15) is 14.4 Å². The van der Waals surface area contributed by atoms with Gasteiger partial charge in [0.05, 0.1) is 0 Å². The first-order chi connectivity index (χ1) is 10.5. The zero-order chi connectivity index (χ0) is 16.1. The van der Waals surface area contributed by atoms with Crippen LogP contribution in [0.5, 0.6) is 0 Å². The molecule has 1 atom stereocenters. The molecule has 2 aromatic rings. The number of aromatic amines is 1. The minimum atomic E-state index is -0.734. The lowest BCUT2D eigenvalue weighted by atomic mass is 10.2. The van der Waals surface area contributed by atoms with Crippen LogP contribution in [0.25, 0.3) is 10.9 Å². The van der Waals surface area contributed by atoms with Crippen molar-refractivity contribution in [1.29, 1.82) is 0 Å². The normalized spacial score (nSPS) is 11.9. The molecular formula is C16H18N2O4. The molecule has 6 heteroatoms. The number of hydrogen-bond acceptors (Lipinski definition) is 4. The number of ether oxygens (including phenoxy) is 1. The van der Waals surface area contributed by atoms with Crippen molar-refractivity contribution in [3.05, 3.63) is 46.2 Å². The summed E-state index contributed by atoms with van der Waals surface area (Å²) < 4.78 is 4.92. The zero-order valence-electron chi connectivity index (χ0n) is 12.5. The van der Waals surface area contributed by atoms with Crippen molar-refractivity contribution in [2.24, 2.45) is 0 Å². The molecule has 22 heavy (non-hydrogen) atoms. The average Bonchev–Trinajstić information content (AvgIpc) is 2.52. The minimum Gasteiger partial charge on any atom is -0.451 e. The Balaban J connectivity index is 2.07. The number of nitrogens with one attached hydrogen (secondary N) is 2. The lowest BCUT2D eigenvalue weighted by Crippen LogP contribution is -2.35. The summed E-state index contributed by atoms with van der Waals surface area (Å²) in [7, 11) is 0. The Morgan fingerprint density at radius 3 is 2.77 bits per heavy atom. The van der Waals surface area contributed by atoms with Crippen LogP contribution in [-0.2, 0) is 9.53 Å². The van der Waals surface area contributed by atoms with Crippen LogP contribution in [-0.4, -0.2) is 29.5 Å². The van der Waals surface area contributed by atoms with Crippen LogP contribution in [0, 0.1) is 0 Å². The Bertz CT molecular complexity index is 751. The van der Waals surface area contributed by atoms with E-state index in [1.807, 2.05) is 13.8 Å². The fourth-order valence-electron chi connectivity index (χ4n) is 1.93. The van der Waals surface area contributed by atoms with Crippen molar-refractivity contribution in [2.75, 3.05) is 6.61 Å². The molecule has 2 rings (SSSR count). The van der Waals surface area contributed by atoms with E-state index in [1.54, 1.807) is 24.3 Å². The Morgan fingerprint density at radius 1 is 1.32 bits per heavy atom. The highest BCUT2D eigenvalue weighted by Gasteiger charge is 2.13. The Labute approximate surface area is 127 Å². The summed E-state index contributed by atoms with van der Waals surface area (Å²) in [5.74, 6) is -1.10. The molecule has 0 spiro atoms. The fourth-order valence-corrected chi connectivity index (χ4v) is 1.93. The topological polar surface area (TPSA) is 88.3 Å². The highest BCUT2D eigenvalue weighted by atomic mass is 16.5. The molecule has 0 unspecified atom stereocenters. The summed E-state index contributed by atoms with van der Waals surface area (Å²) in [4.78, 5) is 38.3. The first-order valence-electron chi connectivity index (χ1n) is 7.09. The van der Waals surface area contributed by atoms with E-state index in [2.05, 4.69) is 10.3 Å². The van der Waals surface area contributed by atoms with Gasteiger partial charge in [-0.05, 0) is 25.5 Å². The van der Waals surface area contributed by atoms with Gasteiger partial charge in [-0.25, -0.2) is 4.79 Å². The number of carbonyl (C=O) groups is 2. The van der Waals surface area contributed by atoms with E-state index in [4.69, 9.17) is 4.74 Å². The summed E-state index contributed by atoms with van der Waals surface area (Å²) in [5, 5.41) is 3.18. The van der Waals surface area contributed by atoms with Crippen molar-refractivity contribution < 1.29 is 14.3 Å².